The Hall–Kier alpha value is -2.19. The summed E-state index contributed by atoms with van der Waals surface area (Å²) in [6, 6.07) is 13.6. The molecule has 0 radical (unpaired) electrons. The van der Waals surface area contributed by atoms with Crippen molar-refractivity contribution >= 4 is 31.6 Å². The number of sulfonamides is 1. The molecule has 0 aliphatic heterocycles. The maximum Gasteiger partial charge on any atom is 0.261 e. The number of benzene rings is 2. The van der Waals surface area contributed by atoms with Crippen molar-refractivity contribution in [2.75, 3.05) is 4.72 Å². The third-order valence-corrected chi connectivity index (χ3v) is 4.94. The van der Waals surface area contributed by atoms with Gasteiger partial charge in [-0.2, -0.15) is 0 Å². The SMILES string of the molecule is Cc1ccc(S(=O)(=O)Nc2ccc(-n3cnc(Br)n3)cc2)cc1. The molecule has 3 aromatic rings. The van der Waals surface area contributed by atoms with Gasteiger partial charge in [-0.05, 0) is 59.3 Å². The van der Waals surface area contributed by atoms with Gasteiger partial charge in [-0.1, -0.05) is 17.7 Å². The summed E-state index contributed by atoms with van der Waals surface area (Å²) in [6.45, 7) is 1.91. The van der Waals surface area contributed by atoms with E-state index in [0.717, 1.165) is 11.3 Å². The Kier molecular flexibility index (Phi) is 4.18. The fourth-order valence-corrected chi connectivity index (χ4v) is 3.30. The Balaban J connectivity index is 1.81. The van der Waals surface area contributed by atoms with E-state index in [1.807, 2.05) is 6.92 Å². The second-order valence-corrected chi connectivity index (χ2v) is 7.32. The topological polar surface area (TPSA) is 76.9 Å². The van der Waals surface area contributed by atoms with Crippen molar-refractivity contribution in [3.63, 3.8) is 0 Å². The van der Waals surface area contributed by atoms with Crippen LogP contribution in [-0.2, 0) is 10.0 Å². The van der Waals surface area contributed by atoms with Gasteiger partial charge in [0.1, 0.15) is 6.33 Å². The summed E-state index contributed by atoms with van der Waals surface area (Å²) in [7, 11) is -3.60. The number of aryl methyl sites for hydroxylation is 1. The van der Waals surface area contributed by atoms with Gasteiger partial charge in [0.25, 0.3) is 10.0 Å². The molecule has 1 aromatic heterocycles. The molecule has 0 aliphatic rings. The number of nitrogens with zero attached hydrogens (tertiary/aromatic N) is 3. The maximum absolute atomic E-state index is 12.3. The molecule has 0 atom stereocenters. The van der Waals surface area contributed by atoms with Crippen LogP contribution in [-0.4, -0.2) is 23.2 Å². The van der Waals surface area contributed by atoms with Gasteiger partial charge in [0.2, 0.25) is 4.73 Å². The van der Waals surface area contributed by atoms with Crippen LogP contribution in [0.15, 0.2) is 64.5 Å². The molecule has 6 nitrogen and oxygen atoms in total. The highest BCUT2D eigenvalue weighted by molar-refractivity contribution is 9.10. The smallest absolute Gasteiger partial charge is 0.261 e. The fourth-order valence-electron chi connectivity index (χ4n) is 1.98. The Morgan fingerprint density at radius 3 is 2.26 bits per heavy atom. The third kappa shape index (κ3) is 3.59. The largest absolute Gasteiger partial charge is 0.280 e. The predicted octanol–water partition coefficient (Wildman–Crippen LogP) is 3.14. The summed E-state index contributed by atoms with van der Waals surface area (Å²) in [5.74, 6) is 0. The van der Waals surface area contributed by atoms with E-state index >= 15 is 0 Å². The molecule has 0 fully saturated rings. The summed E-state index contributed by atoms with van der Waals surface area (Å²) in [5.41, 5.74) is 2.27. The summed E-state index contributed by atoms with van der Waals surface area (Å²) in [6.07, 6.45) is 1.57. The van der Waals surface area contributed by atoms with Crippen molar-refractivity contribution in [2.24, 2.45) is 0 Å². The molecule has 0 saturated carbocycles. The van der Waals surface area contributed by atoms with Crippen LogP contribution < -0.4 is 4.72 Å². The maximum atomic E-state index is 12.3. The van der Waals surface area contributed by atoms with Crippen LogP contribution in [0.2, 0.25) is 0 Å². The predicted molar refractivity (Wildman–Crippen MR) is 91.0 cm³/mol. The summed E-state index contributed by atoms with van der Waals surface area (Å²) in [5, 5.41) is 4.12. The first-order valence-corrected chi connectivity index (χ1v) is 8.99. The molecular formula is C15H13BrN4O2S. The van der Waals surface area contributed by atoms with Crippen molar-refractivity contribution in [3.8, 4) is 5.69 Å². The van der Waals surface area contributed by atoms with Gasteiger partial charge < -0.3 is 0 Å². The van der Waals surface area contributed by atoms with Gasteiger partial charge >= 0.3 is 0 Å². The molecule has 8 heteroatoms. The Morgan fingerprint density at radius 2 is 1.70 bits per heavy atom. The minimum atomic E-state index is -3.60. The number of hydrogen-bond donors (Lipinski definition) is 1. The lowest BCUT2D eigenvalue weighted by Crippen LogP contribution is -2.12. The van der Waals surface area contributed by atoms with E-state index in [4.69, 9.17) is 0 Å². The molecule has 0 spiro atoms. The zero-order valence-electron chi connectivity index (χ0n) is 12.1. The van der Waals surface area contributed by atoms with Crippen LogP contribution in [0.25, 0.3) is 5.69 Å². The average molecular weight is 393 g/mol. The van der Waals surface area contributed by atoms with E-state index in [0.29, 0.717) is 10.4 Å². The summed E-state index contributed by atoms with van der Waals surface area (Å²) in [4.78, 5) is 4.21. The lowest BCUT2D eigenvalue weighted by molar-refractivity contribution is 0.601. The monoisotopic (exact) mass is 392 g/mol. The quantitative estimate of drug-likeness (QED) is 0.739. The Labute approximate surface area is 142 Å². The van der Waals surface area contributed by atoms with E-state index in [1.165, 1.54) is 0 Å². The van der Waals surface area contributed by atoms with Gasteiger partial charge in [-0.15, -0.1) is 5.10 Å². The van der Waals surface area contributed by atoms with E-state index in [9.17, 15) is 8.42 Å². The molecule has 0 unspecified atom stereocenters. The summed E-state index contributed by atoms with van der Waals surface area (Å²) < 4.78 is 29.3. The van der Waals surface area contributed by atoms with Crippen molar-refractivity contribution < 1.29 is 8.42 Å². The molecule has 1 N–H and O–H groups in total. The van der Waals surface area contributed by atoms with Crippen LogP contribution in [0.4, 0.5) is 5.69 Å². The zero-order chi connectivity index (χ0) is 16.4. The van der Waals surface area contributed by atoms with Gasteiger partial charge in [0, 0.05) is 5.69 Å². The number of nitrogens with one attached hydrogen (secondary N) is 1. The molecule has 0 aliphatic carbocycles. The molecule has 1 heterocycles. The van der Waals surface area contributed by atoms with Crippen LogP contribution >= 0.6 is 15.9 Å². The van der Waals surface area contributed by atoms with Gasteiger partial charge in [-0.25, -0.2) is 18.1 Å². The van der Waals surface area contributed by atoms with E-state index in [1.54, 1.807) is 59.5 Å². The minimum absolute atomic E-state index is 0.229. The van der Waals surface area contributed by atoms with E-state index < -0.39 is 10.0 Å². The Morgan fingerprint density at radius 1 is 1.04 bits per heavy atom. The standard InChI is InChI=1S/C15H13BrN4O2S/c1-11-2-8-14(9-3-11)23(21,22)19-12-4-6-13(7-5-12)20-10-17-15(16)18-20/h2-10,19H,1H3. The second-order valence-electron chi connectivity index (χ2n) is 4.92. The lowest BCUT2D eigenvalue weighted by atomic mass is 10.2. The Bertz CT molecular complexity index is 919. The van der Waals surface area contributed by atoms with Crippen molar-refractivity contribution in [3.05, 3.63) is 65.2 Å². The van der Waals surface area contributed by atoms with E-state index in [-0.39, 0.29) is 4.90 Å². The molecule has 118 valence electrons. The first-order valence-electron chi connectivity index (χ1n) is 6.71. The highest BCUT2D eigenvalue weighted by atomic mass is 79.9. The molecule has 0 bridgehead atoms. The zero-order valence-corrected chi connectivity index (χ0v) is 14.5. The van der Waals surface area contributed by atoms with Crippen LogP contribution in [0, 0.1) is 6.92 Å². The normalized spacial score (nSPS) is 11.4. The van der Waals surface area contributed by atoms with Crippen LogP contribution in [0.1, 0.15) is 5.56 Å². The number of rotatable bonds is 4. The molecule has 23 heavy (non-hydrogen) atoms. The molecule has 3 rings (SSSR count). The number of halogens is 1. The highest BCUT2D eigenvalue weighted by Crippen LogP contribution is 2.18. The molecular weight excluding hydrogens is 380 g/mol. The summed E-state index contributed by atoms with van der Waals surface area (Å²) >= 11 is 3.18. The van der Waals surface area contributed by atoms with Crippen molar-refractivity contribution in [1.29, 1.82) is 0 Å². The average Bonchev–Trinajstić information content (AvgIpc) is 2.95. The third-order valence-electron chi connectivity index (χ3n) is 3.18. The first kappa shape index (κ1) is 15.7. The van der Waals surface area contributed by atoms with Gasteiger partial charge in [0.05, 0.1) is 10.6 Å². The van der Waals surface area contributed by atoms with Crippen molar-refractivity contribution in [2.45, 2.75) is 11.8 Å². The highest BCUT2D eigenvalue weighted by Gasteiger charge is 2.13. The van der Waals surface area contributed by atoms with Crippen LogP contribution in [0.3, 0.4) is 0 Å². The number of aromatic nitrogens is 3. The van der Waals surface area contributed by atoms with Crippen LogP contribution in [0.5, 0.6) is 0 Å². The molecule has 2 aromatic carbocycles. The number of hydrogen-bond acceptors (Lipinski definition) is 4. The number of anilines is 1. The first-order chi connectivity index (χ1) is 10.9. The molecule has 0 amide bonds. The van der Waals surface area contributed by atoms with Crippen molar-refractivity contribution in [1.82, 2.24) is 14.8 Å². The van der Waals surface area contributed by atoms with Gasteiger partial charge in [-0.3, -0.25) is 4.72 Å². The fraction of sp³-hybridized carbons (Fsp3) is 0.0667. The lowest BCUT2D eigenvalue weighted by Gasteiger charge is -2.09. The van der Waals surface area contributed by atoms with Gasteiger partial charge in [0.15, 0.2) is 0 Å². The minimum Gasteiger partial charge on any atom is -0.280 e. The molecule has 0 saturated heterocycles. The van der Waals surface area contributed by atoms with E-state index in [2.05, 4.69) is 30.7 Å². The second kappa shape index (κ2) is 6.13.